The standard InChI is InChI=1S/C28H24N4O4/c1-18-13-15-21(16-14-18)26-24(17-31(29-26)22-9-5-4-6-10-22)28-32(19(2)33)30-27(36-28)23-11-7-8-12-25(23)35-20(3)34/h4-17,28H,1-3H3. The number of hydrogen-bond acceptors (Lipinski definition) is 6. The van der Waals surface area contributed by atoms with Crippen LogP contribution in [0.25, 0.3) is 16.9 Å². The highest BCUT2D eigenvalue weighted by molar-refractivity contribution is 5.99. The number of ether oxygens (including phenoxy) is 2. The summed E-state index contributed by atoms with van der Waals surface area (Å²) in [7, 11) is 0. The number of rotatable bonds is 5. The first kappa shape index (κ1) is 23.0. The van der Waals surface area contributed by atoms with E-state index in [0.29, 0.717) is 22.6 Å². The quantitative estimate of drug-likeness (QED) is 0.296. The highest BCUT2D eigenvalue weighted by atomic mass is 16.5. The Balaban J connectivity index is 1.61. The van der Waals surface area contributed by atoms with Gasteiger partial charge in [0.15, 0.2) is 0 Å². The number of hydrogen-bond donors (Lipinski definition) is 0. The van der Waals surface area contributed by atoms with Crippen LogP contribution in [0.5, 0.6) is 5.75 Å². The van der Waals surface area contributed by atoms with E-state index in [1.54, 1.807) is 28.9 Å². The first-order valence-corrected chi connectivity index (χ1v) is 11.5. The molecule has 0 radical (unpaired) electrons. The van der Waals surface area contributed by atoms with Crippen LogP contribution < -0.4 is 4.74 Å². The Hall–Kier alpha value is -4.72. The molecule has 0 spiro atoms. The Kier molecular flexibility index (Phi) is 6.08. The lowest BCUT2D eigenvalue weighted by Crippen LogP contribution is -2.25. The molecule has 2 heterocycles. The Labute approximate surface area is 208 Å². The topological polar surface area (TPSA) is 86.0 Å². The van der Waals surface area contributed by atoms with E-state index in [1.807, 2.05) is 67.7 Å². The molecule has 0 N–H and O–H groups in total. The Morgan fingerprint density at radius 1 is 0.917 bits per heavy atom. The van der Waals surface area contributed by atoms with Crippen LogP contribution in [-0.2, 0) is 14.3 Å². The first-order chi connectivity index (χ1) is 17.4. The van der Waals surface area contributed by atoms with Crippen LogP contribution in [0.2, 0.25) is 0 Å². The molecule has 1 amide bonds. The molecule has 0 aliphatic carbocycles. The fourth-order valence-electron chi connectivity index (χ4n) is 3.98. The third-order valence-electron chi connectivity index (χ3n) is 5.69. The molecule has 36 heavy (non-hydrogen) atoms. The monoisotopic (exact) mass is 480 g/mol. The molecule has 1 atom stereocenters. The van der Waals surface area contributed by atoms with Crippen LogP contribution in [-0.4, -0.2) is 32.6 Å². The van der Waals surface area contributed by atoms with Crippen molar-refractivity contribution in [2.45, 2.75) is 27.0 Å². The number of para-hydroxylation sites is 2. The minimum Gasteiger partial charge on any atom is -0.445 e. The molecule has 5 rings (SSSR count). The van der Waals surface area contributed by atoms with Gasteiger partial charge in [-0.05, 0) is 31.2 Å². The van der Waals surface area contributed by atoms with E-state index in [2.05, 4.69) is 5.10 Å². The molecule has 0 saturated carbocycles. The second-order valence-corrected chi connectivity index (χ2v) is 8.41. The third-order valence-corrected chi connectivity index (χ3v) is 5.69. The highest BCUT2D eigenvalue weighted by Gasteiger charge is 2.37. The van der Waals surface area contributed by atoms with Gasteiger partial charge in [-0.1, -0.05) is 60.2 Å². The Morgan fingerprint density at radius 3 is 2.31 bits per heavy atom. The number of aryl methyl sites for hydroxylation is 1. The predicted octanol–water partition coefficient (Wildman–Crippen LogP) is 5.01. The van der Waals surface area contributed by atoms with Crippen LogP contribution >= 0.6 is 0 Å². The third kappa shape index (κ3) is 4.48. The van der Waals surface area contributed by atoms with Crippen molar-refractivity contribution in [1.82, 2.24) is 14.8 Å². The molecule has 8 nitrogen and oxygen atoms in total. The molecule has 1 unspecified atom stereocenters. The lowest BCUT2D eigenvalue weighted by Gasteiger charge is -2.19. The molecule has 0 fully saturated rings. The molecule has 1 aliphatic heterocycles. The van der Waals surface area contributed by atoms with Gasteiger partial charge in [0, 0.05) is 25.6 Å². The van der Waals surface area contributed by atoms with Crippen molar-refractivity contribution in [3.63, 3.8) is 0 Å². The van der Waals surface area contributed by atoms with Crippen LogP contribution in [0.1, 0.15) is 36.8 Å². The van der Waals surface area contributed by atoms with Crippen molar-refractivity contribution in [1.29, 1.82) is 0 Å². The van der Waals surface area contributed by atoms with Gasteiger partial charge in [0.05, 0.1) is 16.8 Å². The number of hydrazone groups is 1. The van der Waals surface area contributed by atoms with Gasteiger partial charge in [-0.15, -0.1) is 5.10 Å². The van der Waals surface area contributed by atoms with E-state index < -0.39 is 12.2 Å². The summed E-state index contributed by atoms with van der Waals surface area (Å²) in [6.07, 6.45) is 0.985. The zero-order valence-corrected chi connectivity index (χ0v) is 20.1. The number of amides is 1. The molecule has 1 aromatic heterocycles. The second-order valence-electron chi connectivity index (χ2n) is 8.41. The maximum absolute atomic E-state index is 12.7. The van der Waals surface area contributed by atoms with Crippen molar-refractivity contribution in [3.05, 3.63) is 102 Å². The average Bonchev–Trinajstić information content (AvgIpc) is 3.50. The molecule has 4 aromatic rings. The molecule has 0 saturated heterocycles. The van der Waals surface area contributed by atoms with Crippen LogP contribution in [0.4, 0.5) is 0 Å². The van der Waals surface area contributed by atoms with E-state index in [1.165, 1.54) is 18.9 Å². The molecule has 1 aliphatic rings. The first-order valence-electron chi connectivity index (χ1n) is 11.5. The summed E-state index contributed by atoms with van der Waals surface area (Å²) in [5, 5.41) is 10.6. The number of esters is 1. The predicted molar refractivity (Wildman–Crippen MR) is 134 cm³/mol. The summed E-state index contributed by atoms with van der Waals surface area (Å²) in [6, 6.07) is 24.6. The highest BCUT2D eigenvalue weighted by Crippen LogP contribution is 2.37. The lowest BCUT2D eigenvalue weighted by atomic mass is 10.1. The minimum atomic E-state index is -0.864. The Bertz CT molecular complexity index is 1460. The summed E-state index contributed by atoms with van der Waals surface area (Å²) in [6.45, 7) is 4.77. The van der Waals surface area contributed by atoms with Crippen molar-refractivity contribution in [3.8, 4) is 22.7 Å². The number of carbonyl (C=O) groups excluding carboxylic acids is 2. The van der Waals surface area contributed by atoms with Crippen molar-refractivity contribution in [2.24, 2.45) is 5.10 Å². The number of carbonyl (C=O) groups is 2. The van der Waals surface area contributed by atoms with Gasteiger partial charge < -0.3 is 9.47 Å². The van der Waals surface area contributed by atoms with Gasteiger partial charge in [-0.2, -0.15) is 10.1 Å². The van der Waals surface area contributed by atoms with Crippen molar-refractivity contribution < 1.29 is 19.1 Å². The second kappa shape index (κ2) is 9.50. The number of aromatic nitrogens is 2. The zero-order chi connectivity index (χ0) is 25.2. The van der Waals surface area contributed by atoms with E-state index >= 15 is 0 Å². The lowest BCUT2D eigenvalue weighted by molar-refractivity contribution is -0.135. The smallest absolute Gasteiger partial charge is 0.308 e. The zero-order valence-electron chi connectivity index (χ0n) is 20.1. The average molecular weight is 481 g/mol. The van der Waals surface area contributed by atoms with Crippen molar-refractivity contribution >= 4 is 17.8 Å². The summed E-state index contributed by atoms with van der Waals surface area (Å²) >= 11 is 0. The largest absolute Gasteiger partial charge is 0.445 e. The fraction of sp³-hybridized carbons (Fsp3) is 0.143. The molecular formula is C28H24N4O4. The molecule has 180 valence electrons. The van der Waals surface area contributed by atoms with Gasteiger partial charge in [0.1, 0.15) is 11.4 Å². The maximum atomic E-state index is 12.7. The molecule has 0 bridgehead atoms. The van der Waals surface area contributed by atoms with Crippen LogP contribution in [0, 0.1) is 6.92 Å². The van der Waals surface area contributed by atoms with Gasteiger partial charge in [-0.25, -0.2) is 4.68 Å². The van der Waals surface area contributed by atoms with E-state index in [0.717, 1.165) is 16.8 Å². The van der Waals surface area contributed by atoms with Gasteiger partial charge in [0.25, 0.3) is 0 Å². The van der Waals surface area contributed by atoms with Crippen LogP contribution in [0.15, 0.2) is 90.2 Å². The fourth-order valence-corrected chi connectivity index (χ4v) is 3.98. The van der Waals surface area contributed by atoms with E-state index in [9.17, 15) is 9.59 Å². The Morgan fingerprint density at radius 2 is 1.61 bits per heavy atom. The van der Waals surface area contributed by atoms with Gasteiger partial charge in [0.2, 0.25) is 18.0 Å². The van der Waals surface area contributed by atoms with Crippen LogP contribution in [0.3, 0.4) is 0 Å². The summed E-state index contributed by atoms with van der Waals surface area (Å²) in [5.74, 6) is -0.296. The number of benzene rings is 3. The van der Waals surface area contributed by atoms with Crippen molar-refractivity contribution in [2.75, 3.05) is 0 Å². The van der Waals surface area contributed by atoms with E-state index in [-0.39, 0.29) is 11.8 Å². The molecular weight excluding hydrogens is 456 g/mol. The van der Waals surface area contributed by atoms with Gasteiger partial charge >= 0.3 is 5.97 Å². The normalized spacial score (nSPS) is 14.8. The van der Waals surface area contributed by atoms with E-state index in [4.69, 9.17) is 14.6 Å². The summed E-state index contributed by atoms with van der Waals surface area (Å²) in [5.41, 5.74) is 4.67. The maximum Gasteiger partial charge on any atom is 0.308 e. The summed E-state index contributed by atoms with van der Waals surface area (Å²) in [4.78, 5) is 24.3. The molecule has 8 heteroatoms. The SMILES string of the molecule is CC(=O)Oc1ccccc1C1=NN(C(C)=O)C(c2cn(-c3ccccc3)nc2-c2ccc(C)cc2)O1. The summed E-state index contributed by atoms with van der Waals surface area (Å²) < 4.78 is 13.4. The van der Waals surface area contributed by atoms with Gasteiger partial charge in [-0.3, -0.25) is 9.59 Å². The number of nitrogens with zero attached hydrogens (tertiary/aromatic N) is 4. The minimum absolute atomic E-state index is 0.175. The molecule has 3 aromatic carbocycles.